The van der Waals surface area contributed by atoms with Gasteiger partial charge in [-0.25, -0.2) is 0 Å². The maximum Gasteiger partial charge on any atom is 0.334 e. The highest BCUT2D eigenvalue weighted by Gasteiger charge is 2.19. The van der Waals surface area contributed by atoms with E-state index in [9.17, 15) is 17.1 Å². The van der Waals surface area contributed by atoms with Crippen molar-refractivity contribution in [2.45, 2.75) is 4.90 Å². The minimum atomic E-state index is -4.91. The molecule has 0 spiro atoms. The van der Waals surface area contributed by atoms with Gasteiger partial charge in [-0.2, -0.15) is 8.42 Å². The van der Waals surface area contributed by atoms with Crippen molar-refractivity contribution in [3.05, 3.63) is 46.8 Å². The van der Waals surface area contributed by atoms with E-state index in [1.165, 1.54) is 30.3 Å². The van der Waals surface area contributed by atoms with Crippen molar-refractivity contribution in [3.8, 4) is 0 Å². The number of hydrogen-bond donors (Lipinski definition) is 1. The van der Waals surface area contributed by atoms with Crippen LogP contribution in [0.2, 0.25) is 0 Å². The lowest BCUT2D eigenvalue weighted by atomic mass is 10.3. The molecule has 0 aliphatic rings. The summed E-state index contributed by atoms with van der Waals surface area (Å²) in [6, 6.07) is 8.07. The van der Waals surface area contributed by atoms with E-state index in [4.69, 9.17) is 4.42 Å². The maximum absolute atomic E-state index is 13.0. The summed E-state index contributed by atoms with van der Waals surface area (Å²) in [5.74, 6) is -0.709. The number of amides is 1. The van der Waals surface area contributed by atoms with Gasteiger partial charge in [-0.15, -0.1) is 3.89 Å². The minimum absolute atomic E-state index is 0.0297. The first-order chi connectivity index (χ1) is 8.88. The molecule has 19 heavy (non-hydrogen) atoms. The van der Waals surface area contributed by atoms with Crippen LogP contribution < -0.4 is 5.32 Å². The average Bonchev–Trinajstić information content (AvgIpc) is 2.75. The van der Waals surface area contributed by atoms with Crippen molar-refractivity contribution in [2.24, 2.45) is 0 Å². The molecule has 1 aromatic carbocycles. The van der Waals surface area contributed by atoms with E-state index in [2.05, 4.69) is 21.2 Å². The Morgan fingerprint density at radius 3 is 2.47 bits per heavy atom. The van der Waals surface area contributed by atoms with Crippen LogP contribution >= 0.6 is 15.9 Å². The molecule has 2 rings (SSSR count). The van der Waals surface area contributed by atoms with Crippen LogP contribution in [0.5, 0.6) is 0 Å². The molecule has 100 valence electrons. The summed E-state index contributed by atoms with van der Waals surface area (Å²) in [4.78, 5) is 11.2. The van der Waals surface area contributed by atoms with E-state index in [0.29, 0.717) is 4.67 Å². The highest BCUT2D eigenvalue weighted by Crippen LogP contribution is 2.23. The molecule has 5 nitrogen and oxygen atoms in total. The summed E-state index contributed by atoms with van der Waals surface area (Å²) >= 11 is 3.03. The van der Waals surface area contributed by atoms with Gasteiger partial charge in [0.25, 0.3) is 5.91 Å². The van der Waals surface area contributed by atoms with Gasteiger partial charge in [0.05, 0.1) is 5.69 Å². The summed E-state index contributed by atoms with van der Waals surface area (Å²) in [5, 5.41) is 2.27. The molecular weight excluding hydrogens is 341 g/mol. The zero-order chi connectivity index (χ0) is 14.0. The monoisotopic (exact) mass is 347 g/mol. The van der Waals surface area contributed by atoms with Gasteiger partial charge in [0.1, 0.15) is 4.90 Å². The normalized spacial score (nSPS) is 11.3. The van der Waals surface area contributed by atoms with Gasteiger partial charge in [-0.1, -0.05) is 12.1 Å². The van der Waals surface area contributed by atoms with Gasteiger partial charge in [0.2, 0.25) is 0 Å². The summed E-state index contributed by atoms with van der Waals surface area (Å²) in [6.07, 6.45) is 0. The molecule has 2 aromatic rings. The fraction of sp³-hybridized carbons (Fsp3) is 0. The van der Waals surface area contributed by atoms with Crippen LogP contribution in [0.25, 0.3) is 0 Å². The third-order valence-electron chi connectivity index (χ3n) is 2.19. The summed E-state index contributed by atoms with van der Waals surface area (Å²) in [6.45, 7) is 0. The van der Waals surface area contributed by atoms with Crippen LogP contribution in [0.15, 0.2) is 50.4 Å². The Morgan fingerprint density at radius 2 is 1.89 bits per heavy atom. The van der Waals surface area contributed by atoms with Crippen LogP contribution in [0, 0.1) is 0 Å². The van der Waals surface area contributed by atoms with Crippen LogP contribution in [-0.2, 0) is 10.2 Å². The molecule has 0 fully saturated rings. The average molecular weight is 348 g/mol. The first kappa shape index (κ1) is 13.8. The Kier molecular flexibility index (Phi) is 3.72. The number of carbonyl (C=O) groups excluding carboxylic acids is 1. The molecule has 0 atom stereocenters. The Labute approximate surface area is 116 Å². The molecule has 1 aromatic heterocycles. The standard InChI is InChI=1S/C11H7BrFNO4S/c12-10-6-5-8(18-10)11(15)14-7-3-1-2-4-9(7)19(13,16)17/h1-6H,(H,14,15). The van der Waals surface area contributed by atoms with Crippen molar-refractivity contribution in [1.29, 1.82) is 0 Å². The van der Waals surface area contributed by atoms with E-state index in [1.54, 1.807) is 0 Å². The minimum Gasteiger partial charge on any atom is -0.444 e. The van der Waals surface area contributed by atoms with Crippen molar-refractivity contribution in [1.82, 2.24) is 0 Å². The molecular formula is C11H7BrFNO4S. The number of hydrogen-bond acceptors (Lipinski definition) is 4. The van der Waals surface area contributed by atoms with Gasteiger partial charge in [-0.3, -0.25) is 4.79 Å². The summed E-state index contributed by atoms with van der Waals surface area (Å²) in [7, 11) is -4.91. The first-order valence-corrected chi connectivity index (χ1v) is 7.16. The van der Waals surface area contributed by atoms with Crippen molar-refractivity contribution in [2.75, 3.05) is 5.32 Å². The van der Waals surface area contributed by atoms with E-state index in [1.807, 2.05) is 0 Å². The second-order valence-electron chi connectivity index (χ2n) is 3.49. The molecule has 0 bridgehead atoms. The number of halogens is 2. The highest BCUT2D eigenvalue weighted by molar-refractivity contribution is 9.10. The molecule has 0 aliphatic carbocycles. The number of furan rings is 1. The number of para-hydroxylation sites is 1. The van der Waals surface area contributed by atoms with Crippen LogP contribution in [0.1, 0.15) is 10.6 Å². The van der Waals surface area contributed by atoms with Gasteiger partial charge in [-0.05, 0) is 40.2 Å². The van der Waals surface area contributed by atoms with Crippen molar-refractivity contribution in [3.63, 3.8) is 0 Å². The maximum atomic E-state index is 13.0. The molecule has 1 amide bonds. The molecule has 1 heterocycles. The molecule has 0 radical (unpaired) electrons. The number of anilines is 1. The van der Waals surface area contributed by atoms with E-state index >= 15 is 0 Å². The zero-order valence-corrected chi connectivity index (χ0v) is 11.7. The van der Waals surface area contributed by atoms with Crippen molar-refractivity contribution < 1.29 is 21.5 Å². The van der Waals surface area contributed by atoms with Crippen LogP contribution in [0.4, 0.5) is 9.57 Å². The predicted octanol–water partition coefficient (Wildman–Crippen LogP) is 2.95. The van der Waals surface area contributed by atoms with E-state index < -0.39 is 21.0 Å². The quantitative estimate of drug-likeness (QED) is 0.866. The van der Waals surface area contributed by atoms with Gasteiger partial charge >= 0.3 is 10.2 Å². The Balaban J connectivity index is 2.32. The van der Waals surface area contributed by atoms with Gasteiger partial charge < -0.3 is 9.73 Å². The molecule has 8 heteroatoms. The second kappa shape index (κ2) is 5.14. The Morgan fingerprint density at radius 1 is 1.21 bits per heavy atom. The molecule has 0 saturated carbocycles. The zero-order valence-electron chi connectivity index (χ0n) is 9.26. The lowest BCUT2D eigenvalue weighted by Crippen LogP contribution is -2.13. The van der Waals surface area contributed by atoms with Gasteiger partial charge in [0.15, 0.2) is 10.4 Å². The van der Waals surface area contributed by atoms with Gasteiger partial charge in [0, 0.05) is 0 Å². The fourth-order valence-corrected chi connectivity index (χ4v) is 2.33. The van der Waals surface area contributed by atoms with Crippen LogP contribution in [0.3, 0.4) is 0 Å². The number of benzene rings is 1. The molecule has 0 aliphatic heterocycles. The third kappa shape index (κ3) is 3.21. The Hall–Kier alpha value is -1.67. The van der Waals surface area contributed by atoms with E-state index in [-0.39, 0.29) is 11.4 Å². The smallest absolute Gasteiger partial charge is 0.334 e. The molecule has 0 unspecified atom stereocenters. The lowest BCUT2D eigenvalue weighted by Gasteiger charge is -2.06. The fourth-order valence-electron chi connectivity index (χ4n) is 1.40. The molecule has 1 N–H and O–H groups in total. The third-order valence-corrected chi connectivity index (χ3v) is 3.50. The van der Waals surface area contributed by atoms with Crippen molar-refractivity contribution >= 4 is 37.7 Å². The first-order valence-electron chi connectivity index (χ1n) is 4.98. The number of rotatable bonds is 3. The number of nitrogens with one attached hydrogen (secondary N) is 1. The largest absolute Gasteiger partial charge is 0.444 e. The number of carbonyl (C=O) groups is 1. The molecule has 0 saturated heterocycles. The predicted molar refractivity (Wildman–Crippen MR) is 69.1 cm³/mol. The lowest BCUT2D eigenvalue weighted by molar-refractivity contribution is 0.0995. The van der Waals surface area contributed by atoms with Crippen LogP contribution in [-0.4, -0.2) is 14.3 Å². The van der Waals surface area contributed by atoms with E-state index in [0.717, 1.165) is 6.07 Å². The summed E-state index contributed by atoms with van der Waals surface area (Å²) in [5.41, 5.74) is -0.150. The SMILES string of the molecule is O=C(Nc1ccccc1S(=O)(=O)F)c1ccc(Br)o1. The topological polar surface area (TPSA) is 76.4 Å². The second-order valence-corrected chi connectivity index (χ2v) is 5.59. The Bertz CT molecular complexity index is 726. The summed E-state index contributed by atoms with van der Waals surface area (Å²) < 4.78 is 40.2. The highest BCUT2D eigenvalue weighted by atomic mass is 79.9.